The first-order valence-corrected chi connectivity index (χ1v) is 6.67. The predicted molar refractivity (Wildman–Crippen MR) is 84.5 cm³/mol. The van der Waals surface area contributed by atoms with Crippen LogP contribution in [-0.2, 0) is 9.53 Å². The molecule has 2 aromatic rings. The van der Waals surface area contributed by atoms with Crippen molar-refractivity contribution in [1.29, 1.82) is 0 Å². The average molecular weight is 276 g/mol. The minimum atomic E-state index is -0.355. The third-order valence-electron chi connectivity index (χ3n) is 3.03. The van der Waals surface area contributed by atoms with E-state index in [0.29, 0.717) is 5.57 Å². The fourth-order valence-corrected chi connectivity index (χ4v) is 1.98. The molecule has 2 aromatic carbocycles. The van der Waals surface area contributed by atoms with Crippen LogP contribution in [-0.4, -0.2) is 13.1 Å². The Morgan fingerprint density at radius 2 is 1.67 bits per heavy atom. The number of hydrogen-bond donors (Lipinski definition) is 0. The third-order valence-corrected chi connectivity index (χ3v) is 3.03. The van der Waals surface area contributed by atoms with Crippen molar-refractivity contribution < 1.29 is 9.53 Å². The lowest BCUT2D eigenvalue weighted by Gasteiger charge is -2.07. The summed E-state index contributed by atoms with van der Waals surface area (Å²) >= 11 is 0. The number of methoxy groups -OCH3 is 1. The van der Waals surface area contributed by atoms with Crippen LogP contribution in [0.25, 0.3) is 5.57 Å². The first-order chi connectivity index (χ1) is 10.3. The molecule has 0 fully saturated rings. The van der Waals surface area contributed by atoms with Gasteiger partial charge in [-0.05, 0) is 25.1 Å². The Bertz CT molecular complexity index is 716. The molecule has 2 nitrogen and oxygen atoms in total. The molecule has 0 unspecified atom stereocenters. The van der Waals surface area contributed by atoms with Crippen molar-refractivity contribution in [2.45, 2.75) is 6.92 Å². The summed E-state index contributed by atoms with van der Waals surface area (Å²) in [4.78, 5) is 11.8. The van der Waals surface area contributed by atoms with E-state index >= 15 is 0 Å². The highest BCUT2D eigenvalue weighted by Gasteiger charge is 2.13. The van der Waals surface area contributed by atoms with Gasteiger partial charge in [-0.15, -0.1) is 0 Å². The maximum atomic E-state index is 11.8. The van der Waals surface area contributed by atoms with Crippen molar-refractivity contribution in [3.63, 3.8) is 0 Å². The molecule has 0 saturated carbocycles. The fourth-order valence-electron chi connectivity index (χ4n) is 1.98. The van der Waals surface area contributed by atoms with Crippen LogP contribution < -0.4 is 0 Å². The quantitative estimate of drug-likeness (QED) is 0.475. The fraction of sp³-hybridized carbons (Fsp3) is 0.105. The van der Waals surface area contributed by atoms with Gasteiger partial charge in [0.05, 0.1) is 12.7 Å². The minimum Gasteiger partial charge on any atom is -0.465 e. The molecule has 0 N–H and O–H groups in total. The van der Waals surface area contributed by atoms with Crippen LogP contribution >= 0.6 is 0 Å². The van der Waals surface area contributed by atoms with Gasteiger partial charge in [-0.1, -0.05) is 54.3 Å². The van der Waals surface area contributed by atoms with E-state index in [9.17, 15) is 4.79 Å². The lowest BCUT2D eigenvalue weighted by Crippen LogP contribution is -2.05. The van der Waals surface area contributed by atoms with Crippen molar-refractivity contribution in [2.24, 2.45) is 0 Å². The molecule has 0 amide bonds. The first-order valence-electron chi connectivity index (χ1n) is 6.67. The summed E-state index contributed by atoms with van der Waals surface area (Å²) in [5.41, 5.74) is 3.05. The van der Waals surface area contributed by atoms with E-state index in [1.54, 1.807) is 6.08 Å². The Morgan fingerprint density at radius 1 is 1.00 bits per heavy atom. The molecule has 104 valence electrons. The molecule has 0 bridgehead atoms. The highest BCUT2D eigenvalue weighted by Crippen LogP contribution is 2.20. The molecule has 0 atom stereocenters. The van der Waals surface area contributed by atoms with Crippen molar-refractivity contribution in [3.8, 4) is 11.8 Å². The standard InChI is InChI=1S/C19H16O2/c1-3-17(19(20)21-2)18-12-8-7-11-16(18)14-13-15-9-5-4-6-10-15/h3-12H,1-2H3/b17-3-. The van der Waals surface area contributed by atoms with Crippen LogP contribution in [0.5, 0.6) is 0 Å². The van der Waals surface area contributed by atoms with Gasteiger partial charge in [0.2, 0.25) is 0 Å². The molecule has 0 heterocycles. The maximum absolute atomic E-state index is 11.8. The Morgan fingerprint density at radius 3 is 2.33 bits per heavy atom. The molecule has 0 aliphatic carbocycles. The SMILES string of the molecule is C/C=C(\C(=O)OC)c1ccccc1C#Cc1ccccc1. The Balaban J connectivity index is 2.43. The van der Waals surface area contributed by atoms with Crippen LogP contribution in [0.2, 0.25) is 0 Å². The van der Waals surface area contributed by atoms with E-state index in [1.165, 1.54) is 7.11 Å². The van der Waals surface area contributed by atoms with Gasteiger partial charge in [-0.2, -0.15) is 0 Å². The number of hydrogen-bond acceptors (Lipinski definition) is 2. The highest BCUT2D eigenvalue weighted by atomic mass is 16.5. The summed E-state index contributed by atoms with van der Waals surface area (Å²) < 4.78 is 4.82. The first kappa shape index (κ1) is 14.6. The number of ether oxygens (including phenoxy) is 1. The Labute approximate surface area is 125 Å². The van der Waals surface area contributed by atoms with Crippen molar-refractivity contribution >= 4 is 11.5 Å². The minimum absolute atomic E-state index is 0.355. The molecule has 21 heavy (non-hydrogen) atoms. The monoisotopic (exact) mass is 276 g/mol. The zero-order chi connectivity index (χ0) is 15.1. The molecule has 2 heteroatoms. The number of carbonyl (C=O) groups is 1. The lowest BCUT2D eigenvalue weighted by atomic mass is 9.99. The number of rotatable bonds is 2. The van der Waals surface area contributed by atoms with Crippen LogP contribution in [0.4, 0.5) is 0 Å². The molecular weight excluding hydrogens is 260 g/mol. The molecule has 2 rings (SSSR count). The Kier molecular flexibility index (Phi) is 4.95. The highest BCUT2D eigenvalue weighted by molar-refractivity contribution is 6.17. The molecule has 0 aliphatic rings. The van der Waals surface area contributed by atoms with Gasteiger partial charge in [0.1, 0.15) is 0 Å². The Hall–Kier alpha value is -2.79. The second-order valence-electron chi connectivity index (χ2n) is 4.36. The second-order valence-corrected chi connectivity index (χ2v) is 4.36. The van der Waals surface area contributed by atoms with Gasteiger partial charge in [0.25, 0.3) is 0 Å². The van der Waals surface area contributed by atoms with Gasteiger partial charge in [0, 0.05) is 16.7 Å². The van der Waals surface area contributed by atoms with Crippen molar-refractivity contribution in [3.05, 3.63) is 77.4 Å². The van der Waals surface area contributed by atoms with Crippen LogP contribution in [0.3, 0.4) is 0 Å². The lowest BCUT2D eigenvalue weighted by molar-refractivity contribution is -0.133. The number of esters is 1. The zero-order valence-corrected chi connectivity index (χ0v) is 12.1. The normalized spacial score (nSPS) is 10.5. The summed E-state index contributed by atoms with van der Waals surface area (Å²) in [6, 6.07) is 17.3. The van der Waals surface area contributed by atoms with Gasteiger partial charge in [0.15, 0.2) is 0 Å². The average Bonchev–Trinajstić information content (AvgIpc) is 2.55. The zero-order valence-electron chi connectivity index (χ0n) is 12.1. The van der Waals surface area contributed by atoms with E-state index in [2.05, 4.69) is 11.8 Å². The predicted octanol–water partition coefficient (Wildman–Crippen LogP) is 3.66. The summed E-state index contributed by atoms with van der Waals surface area (Å²) in [7, 11) is 1.38. The summed E-state index contributed by atoms with van der Waals surface area (Å²) in [6.07, 6.45) is 1.74. The number of allylic oxidation sites excluding steroid dienone is 1. The molecule has 0 radical (unpaired) electrons. The van der Waals surface area contributed by atoms with Gasteiger partial charge in [-0.3, -0.25) is 0 Å². The van der Waals surface area contributed by atoms with Crippen molar-refractivity contribution in [2.75, 3.05) is 7.11 Å². The maximum Gasteiger partial charge on any atom is 0.338 e. The van der Waals surface area contributed by atoms with E-state index in [-0.39, 0.29) is 5.97 Å². The van der Waals surface area contributed by atoms with Gasteiger partial charge < -0.3 is 4.74 Å². The molecule has 0 saturated heterocycles. The largest absolute Gasteiger partial charge is 0.465 e. The van der Waals surface area contributed by atoms with E-state index in [0.717, 1.165) is 16.7 Å². The molecular formula is C19H16O2. The topological polar surface area (TPSA) is 26.3 Å². The van der Waals surface area contributed by atoms with Gasteiger partial charge >= 0.3 is 5.97 Å². The van der Waals surface area contributed by atoms with Crippen LogP contribution in [0.15, 0.2) is 60.7 Å². The smallest absolute Gasteiger partial charge is 0.338 e. The molecule has 0 aromatic heterocycles. The second kappa shape index (κ2) is 7.12. The summed E-state index contributed by atoms with van der Waals surface area (Å²) in [6.45, 7) is 1.81. The van der Waals surface area contributed by atoms with E-state index < -0.39 is 0 Å². The van der Waals surface area contributed by atoms with E-state index in [1.807, 2.05) is 61.5 Å². The van der Waals surface area contributed by atoms with Crippen LogP contribution in [0, 0.1) is 11.8 Å². The summed E-state index contributed by atoms with van der Waals surface area (Å²) in [5, 5.41) is 0. The van der Waals surface area contributed by atoms with Gasteiger partial charge in [-0.25, -0.2) is 4.79 Å². The van der Waals surface area contributed by atoms with Crippen LogP contribution in [0.1, 0.15) is 23.6 Å². The molecule has 0 spiro atoms. The third kappa shape index (κ3) is 3.61. The van der Waals surface area contributed by atoms with Crippen molar-refractivity contribution in [1.82, 2.24) is 0 Å². The van der Waals surface area contributed by atoms with E-state index in [4.69, 9.17) is 4.74 Å². The number of carbonyl (C=O) groups excluding carboxylic acids is 1. The molecule has 0 aliphatic heterocycles. The number of benzene rings is 2. The summed E-state index contributed by atoms with van der Waals surface area (Å²) in [5.74, 6) is 5.88.